The fourth-order valence-corrected chi connectivity index (χ4v) is 5.38. The number of hydrogen-bond donors (Lipinski definition) is 1. The van der Waals surface area contributed by atoms with E-state index in [4.69, 9.17) is 8.94 Å². The fourth-order valence-electron chi connectivity index (χ4n) is 4.11. The minimum absolute atomic E-state index is 0.0103. The number of anilines is 1. The number of amides is 1. The van der Waals surface area contributed by atoms with Crippen LogP contribution in [-0.2, 0) is 21.4 Å². The van der Waals surface area contributed by atoms with Crippen molar-refractivity contribution in [2.45, 2.75) is 58.9 Å². The first-order valence-electron chi connectivity index (χ1n) is 12.7. The number of carbonyl (C=O) groups is 1. The van der Waals surface area contributed by atoms with Gasteiger partial charge in [-0.05, 0) is 55.0 Å². The summed E-state index contributed by atoms with van der Waals surface area (Å²) >= 11 is 0. The first kappa shape index (κ1) is 28.1. The van der Waals surface area contributed by atoms with Crippen molar-refractivity contribution in [3.8, 4) is 22.6 Å². The molecule has 39 heavy (non-hydrogen) atoms. The summed E-state index contributed by atoms with van der Waals surface area (Å²) in [4.78, 5) is 19.0. The van der Waals surface area contributed by atoms with Crippen LogP contribution in [0.15, 0.2) is 68.8 Å². The topological polar surface area (TPSA) is 119 Å². The van der Waals surface area contributed by atoms with Crippen LogP contribution in [0, 0.1) is 19.3 Å². The SMILES string of the molecule is Cc1noc(NS(=O)(=O)c2ccccc2-c2ccc(-c3ncco3)cc2CN(C)C(=O)CCC(C)(C)C)c1C. The molecule has 0 unspecified atom stereocenters. The molecule has 0 aliphatic rings. The molecule has 4 rings (SSSR count). The fraction of sp³-hybridized carbons (Fsp3) is 0.345. The Morgan fingerprint density at radius 2 is 1.82 bits per heavy atom. The van der Waals surface area contributed by atoms with E-state index in [0.717, 1.165) is 17.5 Å². The maximum Gasteiger partial charge on any atom is 0.264 e. The van der Waals surface area contributed by atoms with Gasteiger partial charge in [-0.2, -0.15) is 0 Å². The Balaban J connectivity index is 1.75. The summed E-state index contributed by atoms with van der Waals surface area (Å²) in [7, 11) is -2.28. The van der Waals surface area contributed by atoms with Crippen LogP contribution in [0.4, 0.5) is 5.88 Å². The Labute approximate surface area is 229 Å². The van der Waals surface area contributed by atoms with Gasteiger partial charge in [0, 0.05) is 36.7 Å². The van der Waals surface area contributed by atoms with Crippen molar-refractivity contribution in [1.82, 2.24) is 15.0 Å². The molecule has 0 bridgehead atoms. The number of carbonyl (C=O) groups excluding carboxylic acids is 1. The van der Waals surface area contributed by atoms with Crippen molar-refractivity contribution in [2.24, 2.45) is 5.41 Å². The molecule has 10 heteroatoms. The van der Waals surface area contributed by atoms with E-state index in [9.17, 15) is 13.2 Å². The number of nitrogens with one attached hydrogen (secondary N) is 1. The molecule has 0 aliphatic heterocycles. The summed E-state index contributed by atoms with van der Waals surface area (Å²) in [6, 6.07) is 12.3. The van der Waals surface area contributed by atoms with E-state index in [1.165, 1.54) is 6.26 Å². The van der Waals surface area contributed by atoms with Gasteiger partial charge in [0.2, 0.25) is 17.7 Å². The lowest BCUT2D eigenvalue weighted by Crippen LogP contribution is -2.27. The highest BCUT2D eigenvalue weighted by Gasteiger charge is 2.25. The van der Waals surface area contributed by atoms with Gasteiger partial charge in [0.05, 0.1) is 16.8 Å². The first-order valence-corrected chi connectivity index (χ1v) is 14.2. The second kappa shape index (κ2) is 11.1. The van der Waals surface area contributed by atoms with Gasteiger partial charge in [0.1, 0.15) is 6.26 Å². The molecule has 0 saturated heterocycles. The normalized spacial score (nSPS) is 11.9. The Kier molecular flexibility index (Phi) is 7.96. The van der Waals surface area contributed by atoms with Crippen LogP contribution >= 0.6 is 0 Å². The highest BCUT2D eigenvalue weighted by Crippen LogP contribution is 2.35. The average Bonchev–Trinajstić information content (AvgIpc) is 3.53. The van der Waals surface area contributed by atoms with Crippen molar-refractivity contribution < 1.29 is 22.2 Å². The van der Waals surface area contributed by atoms with Crippen molar-refractivity contribution in [1.29, 1.82) is 0 Å². The molecule has 1 N–H and O–H groups in total. The minimum atomic E-state index is -4.04. The minimum Gasteiger partial charge on any atom is -0.445 e. The third-order valence-electron chi connectivity index (χ3n) is 6.56. The molecular formula is C29H34N4O5S. The molecule has 2 aromatic heterocycles. The van der Waals surface area contributed by atoms with Gasteiger partial charge in [-0.25, -0.2) is 18.1 Å². The first-order chi connectivity index (χ1) is 18.4. The molecule has 1 amide bonds. The Hall–Kier alpha value is -3.92. The molecule has 2 aromatic carbocycles. The van der Waals surface area contributed by atoms with Crippen LogP contribution in [0.5, 0.6) is 0 Å². The quantitative estimate of drug-likeness (QED) is 0.264. The maximum absolute atomic E-state index is 13.5. The van der Waals surface area contributed by atoms with Crippen LogP contribution in [0.25, 0.3) is 22.6 Å². The predicted molar refractivity (Wildman–Crippen MR) is 149 cm³/mol. The summed E-state index contributed by atoms with van der Waals surface area (Å²) < 4.78 is 40.3. The summed E-state index contributed by atoms with van der Waals surface area (Å²) in [5.41, 5.74) is 3.89. The number of hydrogen-bond acceptors (Lipinski definition) is 7. The molecule has 0 fully saturated rings. The molecule has 0 aliphatic carbocycles. The predicted octanol–water partition coefficient (Wildman–Crippen LogP) is 6.20. The van der Waals surface area contributed by atoms with Crippen molar-refractivity contribution in [3.63, 3.8) is 0 Å². The van der Waals surface area contributed by atoms with E-state index in [-0.39, 0.29) is 28.6 Å². The van der Waals surface area contributed by atoms with Gasteiger partial charge in [0.25, 0.3) is 10.0 Å². The van der Waals surface area contributed by atoms with Crippen LogP contribution in [0.3, 0.4) is 0 Å². The second-order valence-electron chi connectivity index (χ2n) is 10.8. The molecule has 9 nitrogen and oxygen atoms in total. The zero-order chi connectivity index (χ0) is 28.4. The third-order valence-corrected chi connectivity index (χ3v) is 7.95. The van der Waals surface area contributed by atoms with E-state index < -0.39 is 10.0 Å². The zero-order valence-corrected chi connectivity index (χ0v) is 23.9. The van der Waals surface area contributed by atoms with E-state index in [2.05, 4.69) is 35.6 Å². The van der Waals surface area contributed by atoms with Crippen LogP contribution < -0.4 is 4.72 Å². The van der Waals surface area contributed by atoms with Crippen molar-refractivity contribution >= 4 is 21.8 Å². The Morgan fingerprint density at radius 3 is 2.46 bits per heavy atom. The van der Waals surface area contributed by atoms with E-state index in [1.807, 2.05) is 18.2 Å². The average molecular weight is 551 g/mol. The maximum atomic E-state index is 13.5. The molecule has 4 aromatic rings. The van der Waals surface area contributed by atoms with Gasteiger partial charge in [-0.15, -0.1) is 0 Å². The lowest BCUT2D eigenvalue weighted by Gasteiger charge is -2.23. The monoisotopic (exact) mass is 550 g/mol. The lowest BCUT2D eigenvalue weighted by molar-refractivity contribution is -0.130. The summed E-state index contributed by atoms with van der Waals surface area (Å²) in [5.74, 6) is 0.519. The highest BCUT2D eigenvalue weighted by molar-refractivity contribution is 7.92. The van der Waals surface area contributed by atoms with E-state index in [0.29, 0.717) is 34.7 Å². The molecule has 0 radical (unpaired) electrons. The molecule has 2 heterocycles. The number of aromatic nitrogens is 2. The zero-order valence-electron chi connectivity index (χ0n) is 23.1. The molecule has 0 saturated carbocycles. The molecule has 206 valence electrons. The molecule has 0 atom stereocenters. The Bertz CT molecular complexity index is 1570. The highest BCUT2D eigenvalue weighted by atomic mass is 32.2. The van der Waals surface area contributed by atoms with Crippen LogP contribution in [0.1, 0.15) is 50.4 Å². The molecular weight excluding hydrogens is 516 g/mol. The standard InChI is InChI=1S/C29H34N4O5S/c1-19-20(2)31-38-27(19)32-39(35,36)25-10-8-7-9-24(25)23-12-11-21(28-30-15-16-37-28)17-22(23)18-33(6)26(34)13-14-29(3,4)5/h7-12,15-17,32H,13-14,18H2,1-6H3. The molecule has 0 spiro atoms. The van der Waals surface area contributed by atoms with Gasteiger partial charge >= 0.3 is 0 Å². The number of sulfonamides is 1. The summed E-state index contributed by atoms with van der Waals surface area (Å²) in [6.07, 6.45) is 4.23. The van der Waals surface area contributed by atoms with Gasteiger partial charge in [-0.3, -0.25) is 4.79 Å². The second-order valence-corrected chi connectivity index (χ2v) is 12.5. The number of oxazole rings is 1. The number of nitrogens with zero attached hydrogens (tertiary/aromatic N) is 3. The Morgan fingerprint density at radius 1 is 1.08 bits per heavy atom. The van der Waals surface area contributed by atoms with E-state index >= 15 is 0 Å². The summed E-state index contributed by atoms with van der Waals surface area (Å²) in [5, 5.41) is 3.85. The van der Waals surface area contributed by atoms with Crippen LogP contribution in [-0.4, -0.2) is 36.4 Å². The van der Waals surface area contributed by atoms with Gasteiger partial charge in [-0.1, -0.05) is 50.2 Å². The van der Waals surface area contributed by atoms with Crippen molar-refractivity contribution in [3.05, 3.63) is 71.7 Å². The largest absolute Gasteiger partial charge is 0.445 e. The smallest absolute Gasteiger partial charge is 0.264 e. The van der Waals surface area contributed by atoms with Gasteiger partial charge in [0.15, 0.2) is 0 Å². The third kappa shape index (κ3) is 6.57. The number of aryl methyl sites for hydroxylation is 1. The van der Waals surface area contributed by atoms with Crippen molar-refractivity contribution in [2.75, 3.05) is 11.8 Å². The van der Waals surface area contributed by atoms with E-state index in [1.54, 1.807) is 56.3 Å². The van der Waals surface area contributed by atoms with Gasteiger partial charge < -0.3 is 13.8 Å². The number of rotatable bonds is 9. The van der Waals surface area contributed by atoms with Crippen LogP contribution in [0.2, 0.25) is 0 Å². The lowest BCUT2D eigenvalue weighted by atomic mass is 9.90. The number of benzene rings is 2. The summed E-state index contributed by atoms with van der Waals surface area (Å²) in [6.45, 7) is 10.1.